The number of benzene rings is 2. The Hall–Kier alpha value is -5.23. The van der Waals surface area contributed by atoms with Gasteiger partial charge in [-0.2, -0.15) is 0 Å². The highest BCUT2D eigenvalue weighted by atomic mass is 19.1. The van der Waals surface area contributed by atoms with Gasteiger partial charge in [-0.05, 0) is 136 Å². The lowest BCUT2D eigenvalue weighted by Crippen LogP contribution is -2.50. The minimum absolute atomic E-state index is 0.0311. The van der Waals surface area contributed by atoms with Crippen molar-refractivity contribution in [3.05, 3.63) is 71.7 Å². The molecule has 3 aromatic rings. The molecule has 0 bridgehead atoms. The minimum atomic E-state index is -0.679. The number of methoxy groups -OCH3 is 1. The molecule has 2 aromatic carbocycles. The number of hydrogen-bond donors (Lipinski definition) is 2. The van der Waals surface area contributed by atoms with E-state index in [1.807, 2.05) is 58.5 Å². The van der Waals surface area contributed by atoms with E-state index in [-0.39, 0.29) is 34.6 Å². The first-order chi connectivity index (χ1) is 33.7. The number of rotatable bonds is 18. The molecule has 3 aliphatic heterocycles. The van der Waals surface area contributed by atoms with E-state index >= 15 is 13.2 Å². The standard InChI is InChI=1S/C47H62F3N9O3.C2H7N.C2H6O.C2H6/c1-7-9-10-37(30-61)55(6)46(62)38-26-42(39(48)24-34(38)29-60)58-19-11-32(12-20-58)28-56-17-15-36(16-18-56)57-21-13-35(14-22-57)53-47-52-27-41(50)44(54-47)33-23-40(49)45(51-5)43(25-33)59(8-2)31(3)4;2*1-3-2;1-2/h7,23-27,29-32,35-37H,1,5,8-22,28H2,2-4,6H3,(H,52,53,54);3H,1-2H3;1-2H3;1-2H3. The highest BCUT2D eigenvalue weighted by Gasteiger charge is 2.32. The topological polar surface area (TPSA) is 139 Å². The van der Waals surface area contributed by atoms with Crippen molar-refractivity contribution in [2.24, 2.45) is 10.9 Å². The van der Waals surface area contributed by atoms with Gasteiger partial charge in [-0.15, -0.1) is 6.58 Å². The van der Waals surface area contributed by atoms with Gasteiger partial charge >= 0.3 is 0 Å². The monoisotopic (exact) mass is 979 g/mol. The van der Waals surface area contributed by atoms with Crippen LogP contribution in [0.5, 0.6) is 0 Å². The fourth-order valence-electron chi connectivity index (χ4n) is 9.41. The predicted octanol–water partition coefficient (Wildman–Crippen LogP) is 8.93. The van der Waals surface area contributed by atoms with Crippen LogP contribution in [0, 0.1) is 23.4 Å². The number of hydrogen-bond acceptors (Lipinski definition) is 13. The highest BCUT2D eigenvalue weighted by Crippen LogP contribution is 2.38. The Morgan fingerprint density at radius 2 is 1.57 bits per heavy atom. The molecule has 17 heteroatoms. The number of piperidine rings is 3. The molecule has 2 N–H and O–H groups in total. The van der Waals surface area contributed by atoms with Gasteiger partial charge in [-0.1, -0.05) is 19.9 Å². The van der Waals surface area contributed by atoms with Gasteiger partial charge in [-0.25, -0.2) is 23.1 Å². The molecule has 3 aliphatic rings. The first-order valence-electron chi connectivity index (χ1n) is 24.9. The summed E-state index contributed by atoms with van der Waals surface area (Å²) in [6, 6.07) is 5.59. The van der Waals surface area contributed by atoms with Gasteiger partial charge in [-0.3, -0.25) is 14.6 Å². The number of halogens is 3. The summed E-state index contributed by atoms with van der Waals surface area (Å²) in [6.45, 7) is 24.0. The van der Waals surface area contributed by atoms with Crippen LogP contribution >= 0.6 is 0 Å². The quantitative estimate of drug-likeness (QED) is 0.0715. The van der Waals surface area contributed by atoms with Gasteiger partial charge in [0.05, 0.1) is 29.2 Å². The second-order valence-corrected chi connectivity index (χ2v) is 18.1. The number of likely N-dealkylation sites (N-methyl/N-ethyl adjacent to an activating group) is 1. The van der Waals surface area contributed by atoms with E-state index in [0.29, 0.717) is 79.9 Å². The maximum atomic E-state index is 15.4. The van der Waals surface area contributed by atoms with Crippen LogP contribution in [0.25, 0.3) is 11.3 Å². The lowest BCUT2D eigenvalue weighted by Gasteiger charge is -2.43. The third-order valence-electron chi connectivity index (χ3n) is 13.0. The van der Waals surface area contributed by atoms with Gasteiger partial charge < -0.3 is 44.7 Å². The molecule has 14 nitrogen and oxygen atoms in total. The Kier molecular flexibility index (Phi) is 25.7. The minimum Gasteiger partial charge on any atom is -0.388 e. The second-order valence-electron chi connectivity index (χ2n) is 18.1. The normalized spacial score (nSPS) is 16.3. The molecule has 0 spiro atoms. The van der Waals surface area contributed by atoms with Crippen molar-refractivity contribution in [3.63, 3.8) is 0 Å². The number of ether oxygens (including phenoxy) is 1. The van der Waals surface area contributed by atoms with E-state index in [4.69, 9.17) is 0 Å². The molecule has 3 fully saturated rings. The van der Waals surface area contributed by atoms with Crippen molar-refractivity contribution in [3.8, 4) is 11.3 Å². The lowest BCUT2D eigenvalue weighted by molar-refractivity contribution is -0.111. The van der Waals surface area contributed by atoms with Crippen molar-refractivity contribution in [1.29, 1.82) is 0 Å². The number of aromatic nitrogens is 2. The van der Waals surface area contributed by atoms with E-state index in [2.05, 4.69) is 53.4 Å². The summed E-state index contributed by atoms with van der Waals surface area (Å²) < 4.78 is 50.1. The maximum absolute atomic E-state index is 15.4. The Balaban J connectivity index is 0.00000152. The average molecular weight is 979 g/mol. The van der Waals surface area contributed by atoms with Gasteiger partial charge in [0.15, 0.2) is 17.9 Å². The molecule has 0 saturated carbocycles. The van der Waals surface area contributed by atoms with Crippen LogP contribution in [-0.4, -0.2) is 162 Å². The van der Waals surface area contributed by atoms with E-state index in [1.54, 1.807) is 26.4 Å². The van der Waals surface area contributed by atoms with Crippen LogP contribution in [0.2, 0.25) is 0 Å². The number of allylic oxidation sites excluding steroid dienone is 1. The van der Waals surface area contributed by atoms with Crippen molar-refractivity contribution < 1.29 is 32.3 Å². The first-order valence-corrected chi connectivity index (χ1v) is 24.9. The molecule has 1 amide bonds. The molecule has 388 valence electrons. The van der Waals surface area contributed by atoms with Crippen LogP contribution in [0.3, 0.4) is 0 Å². The van der Waals surface area contributed by atoms with Gasteiger partial charge in [0.25, 0.3) is 5.91 Å². The molecule has 70 heavy (non-hydrogen) atoms. The van der Waals surface area contributed by atoms with E-state index in [0.717, 1.165) is 83.5 Å². The third kappa shape index (κ3) is 16.2. The molecule has 4 heterocycles. The Morgan fingerprint density at radius 3 is 2.11 bits per heavy atom. The fourth-order valence-corrected chi connectivity index (χ4v) is 9.41. The lowest BCUT2D eigenvalue weighted by atomic mass is 9.93. The highest BCUT2D eigenvalue weighted by molar-refractivity contribution is 6.03. The third-order valence-corrected chi connectivity index (χ3v) is 13.0. The maximum Gasteiger partial charge on any atom is 0.255 e. The Labute approximate surface area is 416 Å². The van der Waals surface area contributed by atoms with Gasteiger partial charge in [0, 0.05) is 89.8 Å². The number of likely N-dealkylation sites (tertiary alicyclic amines) is 2. The van der Waals surface area contributed by atoms with Crippen LogP contribution < -0.4 is 20.4 Å². The zero-order valence-electron chi connectivity index (χ0n) is 43.6. The number of amides is 1. The molecule has 1 atom stereocenters. The predicted molar refractivity (Wildman–Crippen MR) is 280 cm³/mol. The molecule has 1 aromatic heterocycles. The summed E-state index contributed by atoms with van der Waals surface area (Å²) in [7, 11) is 8.52. The van der Waals surface area contributed by atoms with Gasteiger partial charge in [0.1, 0.15) is 23.5 Å². The van der Waals surface area contributed by atoms with Gasteiger partial charge in [0.2, 0.25) is 5.95 Å². The average Bonchev–Trinajstić information content (AvgIpc) is 3.36. The zero-order valence-corrected chi connectivity index (χ0v) is 43.6. The summed E-state index contributed by atoms with van der Waals surface area (Å²) in [5.74, 6) is -1.46. The van der Waals surface area contributed by atoms with E-state index < -0.39 is 29.4 Å². The van der Waals surface area contributed by atoms with Crippen LogP contribution in [0.4, 0.5) is 36.2 Å². The van der Waals surface area contributed by atoms with Crippen molar-refractivity contribution in [1.82, 2.24) is 30.0 Å². The largest absolute Gasteiger partial charge is 0.388 e. The number of nitrogens with one attached hydrogen (secondary N) is 2. The molecule has 0 radical (unpaired) electrons. The summed E-state index contributed by atoms with van der Waals surface area (Å²) in [5.41, 5.74) is 1.38. The summed E-state index contributed by atoms with van der Waals surface area (Å²) in [6.07, 6.45) is 10.7. The number of nitrogens with zero attached hydrogens (tertiary/aromatic N) is 8. The van der Waals surface area contributed by atoms with Crippen molar-refractivity contribution in [2.45, 2.75) is 110 Å². The van der Waals surface area contributed by atoms with E-state index in [1.165, 1.54) is 24.1 Å². The first kappa shape index (κ1) is 59.1. The molecular formula is C53H81F3N10O4. The van der Waals surface area contributed by atoms with Crippen LogP contribution in [-0.2, 0) is 9.53 Å². The Bertz CT molecular complexity index is 2100. The number of aldehydes is 2. The van der Waals surface area contributed by atoms with Crippen LogP contribution in [0.15, 0.2) is 48.1 Å². The van der Waals surface area contributed by atoms with Crippen molar-refractivity contribution >= 4 is 48.2 Å². The second kappa shape index (κ2) is 30.5. The number of carbonyl (C=O) groups excluding carboxylic acids is 3. The Morgan fingerprint density at radius 1 is 0.943 bits per heavy atom. The fraction of sp³-hybridized carbons (Fsp3) is 0.585. The number of aliphatic imine (C=N–C) groups is 1. The van der Waals surface area contributed by atoms with E-state index in [9.17, 15) is 14.4 Å². The molecular weight excluding hydrogens is 898 g/mol. The molecule has 1 unspecified atom stereocenters. The SMILES string of the molecule is C=CCCC(C=O)N(C)C(=O)c1cc(N2CCC(CN3CCC(N4CCC(Nc5ncc(F)c(-c6cc(F)c(N=C)c(N(CC)C(C)C)c6)n5)CC4)CC3)CC2)c(F)cc1C=O.CC.CNC.COC. The number of carbonyl (C=O) groups is 3. The number of anilines is 3. The van der Waals surface area contributed by atoms with Crippen molar-refractivity contribution in [2.75, 3.05) is 103 Å². The summed E-state index contributed by atoms with van der Waals surface area (Å²) in [5, 5.41) is 6.17. The van der Waals surface area contributed by atoms with Crippen LogP contribution in [0.1, 0.15) is 107 Å². The summed E-state index contributed by atoms with van der Waals surface area (Å²) in [4.78, 5) is 60.1. The molecule has 6 rings (SSSR count). The zero-order chi connectivity index (χ0) is 51.9. The summed E-state index contributed by atoms with van der Waals surface area (Å²) >= 11 is 0. The smallest absolute Gasteiger partial charge is 0.255 e. The molecule has 0 aliphatic carbocycles. The molecule has 3 saturated heterocycles.